The number of nitrogens with one attached hydrogen (secondary N) is 1. The van der Waals surface area contributed by atoms with E-state index in [1.165, 1.54) is 25.7 Å². The van der Waals surface area contributed by atoms with Gasteiger partial charge in [0.1, 0.15) is 5.75 Å². The minimum absolute atomic E-state index is 0.196. The number of rotatable bonds is 6. The largest absolute Gasteiger partial charge is 0.491 e. The minimum atomic E-state index is 0.196. The molecular formula is C15H23NO2. The van der Waals surface area contributed by atoms with Gasteiger partial charge in [0.15, 0.2) is 0 Å². The molecule has 1 aromatic carbocycles. The molecule has 0 heterocycles. The third kappa shape index (κ3) is 4.00. The summed E-state index contributed by atoms with van der Waals surface area (Å²) in [6, 6.07) is 8.11. The molecule has 0 aromatic heterocycles. The number of hydroxylamine groups is 1. The average Bonchev–Trinajstić information content (AvgIpc) is 2.84. The summed E-state index contributed by atoms with van der Waals surface area (Å²) < 4.78 is 5.77. The summed E-state index contributed by atoms with van der Waals surface area (Å²) in [4.78, 5) is 5.66. The Balaban J connectivity index is 1.83. The van der Waals surface area contributed by atoms with Crippen molar-refractivity contribution in [3.63, 3.8) is 0 Å². The molecule has 100 valence electrons. The lowest BCUT2D eigenvalue weighted by atomic mass is 10.2. The molecule has 3 heteroatoms. The summed E-state index contributed by atoms with van der Waals surface area (Å²) >= 11 is 0. The topological polar surface area (TPSA) is 30.5 Å². The molecule has 1 aliphatic carbocycles. The molecule has 0 aliphatic heterocycles. The average molecular weight is 249 g/mol. The van der Waals surface area contributed by atoms with Gasteiger partial charge in [-0.2, -0.15) is 5.48 Å². The van der Waals surface area contributed by atoms with Crippen molar-refractivity contribution in [1.82, 2.24) is 5.48 Å². The van der Waals surface area contributed by atoms with Gasteiger partial charge < -0.3 is 4.74 Å². The van der Waals surface area contributed by atoms with Crippen molar-refractivity contribution in [1.29, 1.82) is 0 Å². The Hall–Kier alpha value is -1.06. The fourth-order valence-corrected chi connectivity index (χ4v) is 2.26. The molecular weight excluding hydrogens is 226 g/mol. The highest BCUT2D eigenvalue weighted by atomic mass is 16.7. The minimum Gasteiger partial charge on any atom is -0.491 e. The maximum atomic E-state index is 5.77. The second-order valence-electron chi connectivity index (χ2n) is 5.12. The smallest absolute Gasteiger partial charge is 0.124 e. The lowest BCUT2D eigenvalue weighted by Gasteiger charge is -2.16. The first-order chi connectivity index (χ1) is 8.75. The van der Waals surface area contributed by atoms with E-state index in [0.29, 0.717) is 12.6 Å². The van der Waals surface area contributed by atoms with E-state index in [4.69, 9.17) is 9.57 Å². The van der Waals surface area contributed by atoms with Crippen LogP contribution in [0.1, 0.15) is 45.1 Å². The van der Waals surface area contributed by atoms with Crippen LogP contribution in [0.4, 0.5) is 0 Å². The van der Waals surface area contributed by atoms with E-state index < -0.39 is 0 Å². The Morgan fingerprint density at radius 3 is 2.67 bits per heavy atom. The molecule has 0 amide bonds. The molecule has 0 unspecified atom stereocenters. The Labute approximate surface area is 109 Å². The lowest BCUT2D eigenvalue weighted by molar-refractivity contribution is -0.0247. The first kappa shape index (κ1) is 13.4. The Morgan fingerprint density at radius 2 is 1.94 bits per heavy atom. The van der Waals surface area contributed by atoms with Gasteiger partial charge >= 0.3 is 0 Å². The van der Waals surface area contributed by atoms with Crippen molar-refractivity contribution in [2.24, 2.45) is 0 Å². The van der Waals surface area contributed by atoms with Gasteiger partial charge in [0, 0.05) is 12.1 Å². The highest BCUT2D eigenvalue weighted by molar-refractivity contribution is 5.33. The Morgan fingerprint density at radius 1 is 1.22 bits per heavy atom. The van der Waals surface area contributed by atoms with Gasteiger partial charge in [0.05, 0.1) is 12.2 Å². The SMILES string of the molecule is CC(C)Oc1ccccc1CNOC1CCCC1. The van der Waals surface area contributed by atoms with E-state index in [-0.39, 0.29) is 6.10 Å². The van der Waals surface area contributed by atoms with Gasteiger partial charge in [-0.05, 0) is 32.8 Å². The second kappa shape index (κ2) is 6.76. The Kier molecular flexibility index (Phi) is 5.02. The summed E-state index contributed by atoms with van der Waals surface area (Å²) in [6.45, 7) is 4.78. The van der Waals surface area contributed by atoms with E-state index in [2.05, 4.69) is 11.5 Å². The standard InChI is InChI=1S/C15H23NO2/c1-12(2)17-15-10-6-3-7-13(15)11-16-18-14-8-4-5-9-14/h3,6-7,10,12,14,16H,4-5,8-9,11H2,1-2H3. The molecule has 18 heavy (non-hydrogen) atoms. The van der Waals surface area contributed by atoms with Crippen LogP contribution in [0.3, 0.4) is 0 Å². The van der Waals surface area contributed by atoms with Crippen molar-refractivity contribution in [2.75, 3.05) is 0 Å². The van der Waals surface area contributed by atoms with Crippen molar-refractivity contribution in [2.45, 2.75) is 58.3 Å². The van der Waals surface area contributed by atoms with Crippen LogP contribution in [0.15, 0.2) is 24.3 Å². The van der Waals surface area contributed by atoms with Crippen LogP contribution < -0.4 is 10.2 Å². The summed E-state index contributed by atoms with van der Waals surface area (Å²) in [5.74, 6) is 0.940. The molecule has 1 saturated carbocycles. The maximum Gasteiger partial charge on any atom is 0.124 e. The van der Waals surface area contributed by atoms with Crippen LogP contribution in [0, 0.1) is 0 Å². The van der Waals surface area contributed by atoms with Crippen LogP contribution in [-0.2, 0) is 11.4 Å². The molecule has 1 aromatic rings. The summed E-state index contributed by atoms with van der Waals surface area (Å²) in [6.07, 6.45) is 5.53. The van der Waals surface area contributed by atoms with Crippen LogP contribution >= 0.6 is 0 Å². The highest BCUT2D eigenvalue weighted by Crippen LogP contribution is 2.21. The molecule has 3 nitrogen and oxygen atoms in total. The molecule has 1 aliphatic rings. The quantitative estimate of drug-likeness (QED) is 0.783. The molecule has 0 bridgehead atoms. The van der Waals surface area contributed by atoms with E-state index in [9.17, 15) is 0 Å². The van der Waals surface area contributed by atoms with Gasteiger partial charge in [0.2, 0.25) is 0 Å². The molecule has 0 radical (unpaired) electrons. The van der Waals surface area contributed by atoms with Gasteiger partial charge in [0.25, 0.3) is 0 Å². The van der Waals surface area contributed by atoms with Crippen molar-refractivity contribution < 1.29 is 9.57 Å². The predicted molar refractivity (Wildman–Crippen MR) is 72.4 cm³/mol. The lowest BCUT2D eigenvalue weighted by Crippen LogP contribution is -2.22. The normalized spacial score (nSPS) is 16.4. The van der Waals surface area contributed by atoms with Crippen molar-refractivity contribution in [3.05, 3.63) is 29.8 Å². The molecule has 0 atom stereocenters. The van der Waals surface area contributed by atoms with E-state index in [0.717, 1.165) is 11.3 Å². The molecule has 2 rings (SSSR count). The zero-order valence-electron chi connectivity index (χ0n) is 11.3. The van der Waals surface area contributed by atoms with Gasteiger partial charge in [-0.25, -0.2) is 0 Å². The highest BCUT2D eigenvalue weighted by Gasteiger charge is 2.15. The number of para-hydroxylation sites is 1. The molecule has 1 N–H and O–H groups in total. The predicted octanol–water partition coefficient (Wildman–Crippen LogP) is 3.44. The third-order valence-electron chi connectivity index (χ3n) is 3.15. The van der Waals surface area contributed by atoms with Crippen molar-refractivity contribution >= 4 is 0 Å². The number of ether oxygens (including phenoxy) is 1. The number of benzene rings is 1. The van der Waals surface area contributed by atoms with Crippen molar-refractivity contribution in [3.8, 4) is 5.75 Å². The number of hydrogen-bond donors (Lipinski definition) is 1. The van der Waals surface area contributed by atoms with E-state index >= 15 is 0 Å². The summed E-state index contributed by atoms with van der Waals surface area (Å²) in [5.41, 5.74) is 4.22. The number of hydrogen-bond acceptors (Lipinski definition) is 3. The van der Waals surface area contributed by atoms with Crippen LogP contribution in [0.5, 0.6) is 5.75 Å². The maximum absolute atomic E-state index is 5.77. The Bertz CT molecular complexity index is 359. The third-order valence-corrected chi connectivity index (χ3v) is 3.15. The first-order valence-electron chi connectivity index (χ1n) is 6.89. The molecule has 0 saturated heterocycles. The monoisotopic (exact) mass is 249 g/mol. The van der Waals surface area contributed by atoms with Gasteiger partial charge in [-0.1, -0.05) is 31.0 Å². The fraction of sp³-hybridized carbons (Fsp3) is 0.600. The molecule has 0 spiro atoms. The summed E-state index contributed by atoms with van der Waals surface area (Å²) in [5, 5.41) is 0. The molecule has 1 fully saturated rings. The fourth-order valence-electron chi connectivity index (χ4n) is 2.26. The van der Waals surface area contributed by atoms with Crippen LogP contribution in [0.25, 0.3) is 0 Å². The zero-order chi connectivity index (χ0) is 12.8. The summed E-state index contributed by atoms with van der Waals surface area (Å²) in [7, 11) is 0. The van der Waals surface area contributed by atoms with E-state index in [1.54, 1.807) is 0 Å². The second-order valence-corrected chi connectivity index (χ2v) is 5.12. The van der Waals surface area contributed by atoms with E-state index in [1.807, 2.05) is 32.0 Å². The first-order valence-corrected chi connectivity index (χ1v) is 6.89. The van der Waals surface area contributed by atoms with Gasteiger partial charge in [-0.3, -0.25) is 4.84 Å². The zero-order valence-corrected chi connectivity index (χ0v) is 11.3. The van der Waals surface area contributed by atoms with Gasteiger partial charge in [-0.15, -0.1) is 0 Å². The van der Waals surface area contributed by atoms with Crippen LogP contribution in [-0.4, -0.2) is 12.2 Å². The van der Waals surface area contributed by atoms with Crippen LogP contribution in [0.2, 0.25) is 0 Å².